The Morgan fingerprint density at radius 1 is 1.41 bits per heavy atom. The van der Waals surface area contributed by atoms with Gasteiger partial charge in [0.25, 0.3) is 5.91 Å². The maximum absolute atomic E-state index is 12.2. The van der Waals surface area contributed by atoms with Crippen LogP contribution < -0.4 is 15.4 Å². The zero-order chi connectivity index (χ0) is 16.0. The van der Waals surface area contributed by atoms with Gasteiger partial charge in [-0.25, -0.2) is 8.42 Å². The van der Waals surface area contributed by atoms with Crippen LogP contribution in [-0.2, 0) is 10.0 Å². The fraction of sp³-hybridized carbons (Fsp3) is 0.533. The monoisotopic (exact) mass is 325 g/mol. The van der Waals surface area contributed by atoms with Gasteiger partial charge in [-0.05, 0) is 44.0 Å². The van der Waals surface area contributed by atoms with Crippen molar-refractivity contribution < 1.29 is 13.2 Å². The van der Waals surface area contributed by atoms with Crippen LogP contribution in [0.2, 0.25) is 0 Å². The number of rotatable bonds is 6. The zero-order valence-electron chi connectivity index (χ0n) is 12.8. The highest BCUT2D eigenvalue weighted by molar-refractivity contribution is 7.92. The van der Waals surface area contributed by atoms with Crippen LogP contribution in [0.1, 0.15) is 36.5 Å². The van der Waals surface area contributed by atoms with Gasteiger partial charge in [-0.1, -0.05) is 13.0 Å². The number of sulfonamides is 1. The topological polar surface area (TPSA) is 87.3 Å². The van der Waals surface area contributed by atoms with Gasteiger partial charge in [-0.3, -0.25) is 9.52 Å². The molecule has 0 radical (unpaired) electrons. The van der Waals surface area contributed by atoms with E-state index in [9.17, 15) is 13.2 Å². The molecule has 1 aromatic carbocycles. The SMILES string of the molecule is CCCS(=O)(=O)Nc1cccc(C(=O)N[C@H]2CCCNC2)c1. The Kier molecular flexibility index (Phi) is 5.79. The molecule has 1 fully saturated rings. The molecule has 122 valence electrons. The molecule has 1 atom stereocenters. The van der Waals surface area contributed by atoms with Crippen molar-refractivity contribution in [2.45, 2.75) is 32.2 Å². The number of anilines is 1. The summed E-state index contributed by atoms with van der Waals surface area (Å²) < 4.78 is 26.1. The van der Waals surface area contributed by atoms with Crippen molar-refractivity contribution in [3.05, 3.63) is 29.8 Å². The Hall–Kier alpha value is -1.60. The first-order valence-electron chi connectivity index (χ1n) is 7.62. The number of nitrogens with one attached hydrogen (secondary N) is 3. The Balaban J connectivity index is 2.02. The number of piperidine rings is 1. The summed E-state index contributed by atoms with van der Waals surface area (Å²) in [5.74, 6) is -0.109. The van der Waals surface area contributed by atoms with Crippen LogP contribution in [0.25, 0.3) is 0 Å². The summed E-state index contributed by atoms with van der Waals surface area (Å²) in [6.45, 7) is 3.57. The molecule has 1 amide bonds. The Bertz CT molecular complexity index is 610. The van der Waals surface area contributed by atoms with Gasteiger partial charge in [0.2, 0.25) is 10.0 Å². The molecule has 0 aromatic heterocycles. The van der Waals surface area contributed by atoms with E-state index in [0.29, 0.717) is 17.7 Å². The van der Waals surface area contributed by atoms with Crippen molar-refractivity contribution in [3.8, 4) is 0 Å². The molecule has 1 aliphatic heterocycles. The predicted molar refractivity (Wildman–Crippen MR) is 87.5 cm³/mol. The average molecular weight is 325 g/mol. The van der Waals surface area contributed by atoms with Crippen molar-refractivity contribution in [3.63, 3.8) is 0 Å². The van der Waals surface area contributed by atoms with Crippen molar-refractivity contribution in [2.75, 3.05) is 23.6 Å². The van der Waals surface area contributed by atoms with Gasteiger partial charge in [0.05, 0.1) is 5.75 Å². The van der Waals surface area contributed by atoms with Crippen LogP contribution in [0.3, 0.4) is 0 Å². The first kappa shape index (κ1) is 16.8. The van der Waals surface area contributed by atoms with Crippen molar-refractivity contribution in [1.82, 2.24) is 10.6 Å². The second-order valence-corrected chi connectivity index (χ2v) is 7.36. The molecule has 0 saturated carbocycles. The fourth-order valence-corrected chi connectivity index (χ4v) is 3.59. The van der Waals surface area contributed by atoms with Crippen LogP contribution in [0.4, 0.5) is 5.69 Å². The summed E-state index contributed by atoms with van der Waals surface area (Å²) in [5.41, 5.74) is 0.880. The molecule has 1 saturated heterocycles. The second kappa shape index (κ2) is 7.60. The lowest BCUT2D eigenvalue weighted by Gasteiger charge is -2.23. The van der Waals surface area contributed by atoms with Crippen LogP contribution in [0.5, 0.6) is 0 Å². The molecule has 0 bridgehead atoms. The van der Waals surface area contributed by atoms with E-state index in [-0.39, 0.29) is 17.7 Å². The van der Waals surface area contributed by atoms with E-state index in [1.54, 1.807) is 31.2 Å². The first-order chi connectivity index (χ1) is 10.5. The zero-order valence-corrected chi connectivity index (χ0v) is 13.6. The molecule has 1 aromatic rings. The molecule has 22 heavy (non-hydrogen) atoms. The minimum atomic E-state index is -3.35. The van der Waals surface area contributed by atoms with E-state index in [1.807, 2.05) is 0 Å². The Morgan fingerprint density at radius 2 is 2.23 bits per heavy atom. The smallest absolute Gasteiger partial charge is 0.251 e. The maximum atomic E-state index is 12.2. The summed E-state index contributed by atoms with van der Waals surface area (Å²) in [7, 11) is -3.35. The minimum Gasteiger partial charge on any atom is -0.348 e. The van der Waals surface area contributed by atoms with Gasteiger partial charge in [0, 0.05) is 23.8 Å². The molecule has 1 heterocycles. The highest BCUT2D eigenvalue weighted by atomic mass is 32.2. The van der Waals surface area contributed by atoms with Crippen LogP contribution in [0.15, 0.2) is 24.3 Å². The minimum absolute atomic E-state index is 0.0666. The van der Waals surface area contributed by atoms with Crippen molar-refractivity contribution in [1.29, 1.82) is 0 Å². The van der Waals surface area contributed by atoms with Crippen molar-refractivity contribution >= 4 is 21.6 Å². The number of amides is 1. The highest BCUT2D eigenvalue weighted by Gasteiger charge is 2.17. The highest BCUT2D eigenvalue weighted by Crippen LogP contribution is 2.13. The maximum Gasteiger partial charge on any atom is 0.251 e. The quantitative estimate of drug-likeness (QED) is 0.736. The van der Waals surface area contributed by atoms with Crippen LogP contribution >= 0.6 is 0 Å². The van der Waals surface area contributed by atoms with Gasteiger partial charge in [-0.15, -0.1) is 0 Å². The summed E-state index contributed by atoms with van der Waals surface area (Å²) >= 11 is 0. The van der Waals surface area contributed by atoms with Crippen LogP contribution in [0, 0.1) is 0 Å². The van der Waals surface area contributed by atoms with E-state index in [4.69, 9.17) is 0 Å². The van der Waals surface area contributed by atoms with Crippen molar-refractivity contribution in [2.24, 2.45) is 0 Å². The third-order valence-corrected chi connectivity index (χ3v) is 5.00. The number of carbonyl (C=O) groups excluding carboxylic acids is 1. The molecule has 0 unspecified atom stereocenters. The predicted octanol–water partition coefficient (Wildman–Crippen LogP) is 1.32. The van der Waals surface area contributed by atoms with Gasteiger partial charge in [-0.2, -0.15) is 0 Å². The Morgan fingerprint density at radius 3 is 2.91 bits per heavy atom. The molecule has 2 rings (SSSR count). The number of carbonyl (C=O) groups is 1. The van der Waals surface area contributed by atoms with Crippen LogP contribution in [-0.4, -0.2) is 39.2 Å². The molecule has 0 aliphatic carbocycles. The van der Waals surface area contributed by atoms with E-state index >= 15 is 0 Å². The van der Waals surface area contributed by atoms with E-state index in [2.05, 4.69) is 15.4 Å². The standard InChI is InChI=1S/C15H23N3O3S/c1-2-9-22(20,21)18-13-6-3-5-12(10-13)15(19)17-14-7-4-8-16-11-14/h3,5-6,10,14,16,18H,2,4,7-9,11H2,1H3,(H,17,19)/t14-/m0/s1. The van der Waals surface area contributed by atoms with Gasteiger partial charge < -0.3 is 10.6 Å². The lowest BCUT2D eigenvalue weighted by atomic mass is 10.1. The van der Waals surface area contributed by atoms with Gasteiger partial charge in [0.15, 0.2) is 0 Å². The molecule has 0 spiro atoms. The summed E-state index contributed by atoms with van der Waals surface area (Å²) in [4.78, 5) is 12.2. The molecule has 1 aliphatic rings. The molecule has 3 N–H and O–H groups in total. The van der Waals surface area contributed by atoms with Gasteiger partial charge in [0.1, 0.15) is 0 Å². The second-order valence-electron chi connectivity index (χ2n) is 5.52. The molecular formula is C15H23N3O3S. The largest absolute Gasteiger partial charge is 0.348 e. The number of benzene rings is 1. The third-order valence-electron chi connectivity index (χ3n) is 3.50. The fourth-order valence-electron chi connectivity index (χ4n) is 2.47. The number of hydrogen-bond donors (Lipinski definition) is 3. The summed E-state index contributed by atoms with van der Waals surface area (Å²) in [6.07, 6.45) is 2.55. The lowest BCUT2D eigenvalue weighted by molar-refractivity contribution is 0.0930. The van der Waals surface area contributed by atoms with E-state index in [1.165, 1.54) is 0 Å². The van der Waals surface area contributed by atoms with E-state index in [0.717, 1.165) is 25.9 Å². The van der Waals surface area contributed by atoms with E-state index < -0.39 is 10.0 Å². The number of hydrogen-bond acceptors (Lipinski definition) is 4. The molecule has 6 nitrogen and oxygen atoms in total. The molecular weight excluding hydrogens is 302 g/mol. The third kappa shape index (κ3) is 4.99. The van der Waals surface area contributed by atoms with Gasteiger partial charge >= 0.3 is 0 Å². The first-order valence-corrected chi connectivity index (χ1v) is 9.27. The summed E-state index contributed by atoms with van der Waals surface area (Å²) in [5, 5.41) is 6.21. The summed E-state index contributed by atoms with van der Waals surface area (Å²) in [6, 6.07) is 6.70. The average Bonchev–Trinajstić information content (AvgIpc) is 2.48. The normalized spacial score (nSPS) is 18.7. The Labute approximate surface area is 131 Å². The molecule has 7 heteroatoms. The lowest BCUT2D eigenvalue weighted by Crippen LogP contribution is -2.45.